The molecular weight excluding hydrogens is 422 g/mol. The van der Waals surface area contributed by atoms with Gasteiger partial charge in [0.15, 0.2) is 17.3 Å². The van der Waals surface area contributed by atoms with Crippen molar-refractivity contribution in [2.45, 2.75) is 6.92 Å². The van der Waals surface area contributed by atoms with Gasteiger partial charge in [0, 0.05) is 18.0 Å². The second kappa shape index (κ2) is 7.33. The van der Waals surface area contributed by atoms with E-state index in [1.165, 1.54) is 6.20 Å². The van der Waals surface area contributed by atoms with E-state index in [0.29, 0.717) is 58.7 Å². The topological polar surface area (TPSA) is 92.8 Å². The van der Waals surface area contributed by atoms with Gasteiger partial charge in [-0.25, -0.2) is 4.98 Å². The minimum Gasteiger partial charge on any atom is -0.495 e. The van der Waals surface area contributed by atoms with Crippen molar-refractivity contribution in [3.05, 3.63) is 70.8 Å². The molecule has 0 saturated carbocycles. The highest BCUT2D eigenvalue weighted by molar-refractivity contribution is 5.79. The number of ether oxygens (including phenoxy) is 3. The first-order chi connectivity index (χ1) is 16.1. The molecule has 1 aliphatic rings. The third-order valence-electron chi connectivity index (χ3n) is 5.63. The van der Waals surface area contributed by atoms with Crippen molar-refractivity contribution in [2.75, 3.05) is 20.3 Å². The highest BCUT2D eigenvalue weighted by atomic mass is 16.6. The van der Waals surface area contributed by atoms with E-state index >= 15 is 0 Å². The van der Waals surface area contributed by atoms with Gasteiger partial charge >= 0.3 is 0 Å². The number of fused-ring (bicyclic) bond motifs is 4. The van der Waals surface area contributed by atoms with Crippen LogP contribution in [0, 0.1) is 6.92 Å². The second-order valence-corrected chi connectivity index (χ2v) is 7.73. The lowest BCUT2D eigenvalue weighted by Crippen LogP contribution is -2.19. The van der Waals surface area contributed by atoms with E-state index in [1.54, 1.807) is 22.4 Å². The summed E-state index contributed by atoms with van der Waals surface area (Å²) in [5.74, 6) is 2.85. The Bertz CT molecular complexity index is 1600. The first-order valence-electron chi connectivity index (χ1n) is 10.4. The lowest BCUT2D eigenvalue weighted by Gasteiger charge is -2.18. The largest absolute Gasteiger partial charge is 0.495 e. The monoisotopic (exact) mass is 441 g/mol. The lowest BCUT2D eigenvalue weighted by atomic mass is 10.2. The maximum atomic E-state index is 13.4. The molecule has 1 aliphatic heterocycles. The van der Waals surface area contributed by atoms with Gasteiger partial charge in [-0.3, -0.25) is 9.36 Å². The number of methoxy groups -OCH3 is 1. The van der Waals surface area contributed by atoms with Gasteiger partial charge in [0.25, 0.3) is 11.3 Å². The van der Waals surface area contributed by atoms with Crippen LogP contribution >= 0.6 is 0 Å². The Kier molecular flexibility index (Phi) is 4.29. The molecule has 3 aromatic heterocycles. The number of rotatable bonds is 3. The Morgan fingerprint density at radius 2 is 1.88 bits per heavy atom. The molecule has 33 heavy (non-hydrogen) atoms. The van der Waals surface area contributed by atoms with Crippen molar-refractivity contribution >= 4 is 16.7 Å². The smallest absolute Gasteiger partial charge is 0.266 e. The van der Waals surface area contributed by atoms with Crippen molar-refractivity contribution in [3.63, 3.8) is 0 Å². The first-order valence-corrected chi connectivity index (χ1v) is 10.4. The van der Waals surface area contributed by atoms with Gasteiger partial charge < -0.3 is 14.2 Å². The third-order valence-corrected chi connectivity index (χ3v) is 5.63. The molecule has 9 heteroatoms. The zero-order valence-electron chi connectivity index (χ0n) is 18.0. The number of hydrogen-bond acceptors (Lipinski definition) is 7. The molecule has 0 N–H and O–H groups in total. The van der Waals surface area contributed by atoms with E-state index in [2.05, 4.69) is 15.1 Å². The second-order valence-electron chi connectivity index (χ2n) is 7.73. The van der Waals surface area contributed by atoms with Gasteiger partial charge in [-0.05, 0) is 48.9 Å². The van der Waals surface area contributed by atoms with E-state index in [-0.39, 0.29) is 5.56 Å². The van der Waals surface area contributed by atoms with Crippen LogP contribution in [-0.4, -0.2) is 44.5 Å². The molecule has 0 fully saturated rings. The number of benzene rings is 2. The van der Waals surface area contributed by atoms with E-state index in [4.69, 9.17) is 14.2 Å². The highest BCUT2D eigenvalue weighted by Crippen LogP contribution is 2.33. The van der Waals surface area contributed by atoms with Crippen LogP contribution in [0.25, 0.3) is 33.8 Å². The molecule has 4 heterocycles. The third kappa shape index (κ3) is 3.08. The van der Waals surface area contributed by atoms with Crippen LogP contribution in [0.1, 0.15) is 5.56 Å². The standard InChI is InChI=1S/C24H19N5O4/c1-14-3-5-19(31-2)18(11-14)28-8-7-17-16(23(28)30)13-25-24-26-22(27-29(17)24)15-4-6-20-21(12-15)33-10-9-32-20/h3-8,11-13H,9-10H2,1-2H3. The van der Waals surface area contributed by atoms with Crippen LogP contribution in [0.5, 0.6) is 17.2 Å². The molecule has 0 atom stereocenters. The molecule has 0 spiro atoms. The zero-order chi connectivity index (χ0) is 22.5. The fraction of sp³-hybridized carbons (Fsp3) is 0.167. The summed E-state index contributed by atoms with van der Waals surface area (Å²) in [7, 11) is 1.58. The predicted octanol–water partition coefficient (Wildman–Crippen LogP) is 3.18. The molecule has 0 radical (unpaired) electrons. The van der Waals surface area contributed by atoms with E-state index in [0.717, 1.165) is 11.1 Å². The van der Waals surface area contributed by atoms with Crippen LogP contribution < -0.4 is 19.8 Å². The van der Waals surface area contributed by atoms with Crippen molar-refractivity contribution in [3.8, 4) is 34.3 Å². The van der Waals surface area contributed by atoms with Gasteiger partial charge in [-0.1, -0.05) is 6.07 Å². The molecule has 0 saturated heterocycles. The summed E-state index contributed by atoms with van der Waals surface area (Å²) in [5, 5.41) is 5.05. The van der Waals surface area contributed by atoms with Crippen molar-refractivity contribution < 1.29 is 14.2 Å². The predicted molar refractivity (Wildman–Crippen MR) is 122 cm³/mol. The van der Waals surface area contributed by atoms with Crippen LogP contribution in [0.3, 0.4) is 0 Å². The van der Waals surface area contributed by atoms with Crippen molar-refractivity contribution in [1.29, 1.82) is 0 Å². The van der Waals surface area contributed by atoms with Gasteiger partial charge in [-0.15, -0.1) is 5.10 Å². The van der Waals surface area contributed by atoms with Crippen LogP contribution in [-0.2, 0) is 0 Å². The lowest BCUT2D eigenvalue weighted by molar-refractivity contribution is 0.171. The summed E-state index contributed by atoms with van der Waals surface area (Å²) in [6, 6.07) is 13.1. The summed E-state index contributed by atoms with van der Waals surface area (Å²) in [6.45, 7) is 3.00. The summed E-state index contributed by atoms with van der Waals surface area (Å²) in [4.78, 5) is 22.3. The molecular formula is C24H19N5O4. The minimum atomic E-state index is -0.220. The molecule has 9 nitrogen and oxygen atoms in total. The average Bonchev–Trinajstić information content (AvgIpc) is 3.29. The number of aromatic nitrogens is 5. The summed E-state index contributed by atoms with van der Waals surface area (Å²) in [5.41, 5.74) is 2.86. The van der Waals surface area contributed by atoms with Crippen molar-refractivity contribution in [2.24, 2.45) is 0 Å². The van der Waals surface area contributed by atoms with Crippen LogP contribution in [0.2, 0.25) is 0 Å². The quantitative estimate of drug-likeness (QED) is 0.425. The Morgan fingerprint density at radius 3 is 2.73 bits per heavy atom. The summed E-state index contributed by atoms with van der Waals surface area (Å²) < 4.78 is 19.9. The first kappa shape index (κ1) is 19.3. The number of hydrogen-bond donors (Lipinski definition) is 0. The zero-order valence-corrected chi connectivity index (χ0v) is 18.0. The maximum absolute atomic E-state index is 13.4. The van der Waals surface area contributed by atoms with E-state index < -0.39 is 0 Å². The normalized spacial score (nSPS) is 12.9. The Morgan fingerprint density at radius 1 is 1.03 bits per heavy atom. The van der Waals surface area contributed by atoms with Gasteiger partial charge in [0.05, 0.1) is 23.7 Å². The molecule has 164 valence electrons. The number of nitrogens with zero attached hydrogens (tertiary/aromatic N) is 5. The molecule has 0 aliphatic carbocycles. The van der Waals surface area contributed by atoms with Gasteiger partial charge in [-0.2, -0.15) is 9.50 Å². The molecule has 0 amide bonds. The molecule has 5 aromatic rings. The van der Waals surface area contributed by atoms with E-state index in [1.807, 2.05) is 49.4 Å². The summed E-state index contributed by atoms with van der Waals surface area (Å²) >= 11 is 0. The highest BCUT2D eigenvalue weighted by Gasteiger charge is 2.17. The van der Waals surface area contributed by atoms with Crippen LogP contribution in [0.4, 0.5) is 0 Å². The van der Waals surface area contributed by atoms with Gasteiger partial charge in [0.2, 0.25) is 0 Å². The van der Waals surface area contributed by atoms with Crippen molar-refractivity contribution in [1.82, 2.24) is 24.1 Å². The van der Waals surface area contributed by atoms with E-state index in [9.17, 15) is 4.79 Å². The SMILES string of the molecule is COc1ccc(C)cc1-n1ccc2c(cnc3nc(-c4ccc5c(c4)OCCO5)nn32)c1=O. The number of aryl methyl sites for hydroxylation is 1. The molecule has 0 unspecified atom stereocenters. The average molecular weight is 441 g/mol. The Hall–Kier alpha value is -4.40. The molecule has 0 bridgehead atoms. The Labute approximate surface area is 187 Å². The minimum absolute atomic E-state index is 0.220. The molecule has 2 aromatic carbocycles. The maximum Gasteiger partial charge on any atom is 0.266 e. The summed E-state index contributed by atoms with van der Waals surface area (Å²) in [6.07, 6.45) is 3.25. The number of pyridine rings is 1. The van der Waals surface area contributed by atoms with Gasteiger partial charge in [0.1, 0.15) is 19.0 Å². The van der Waals surface area contributed by atoms with Crippen LogP contribution in [0.15, 0.2) is 59.7 Å². The Balaban J connectivity index is 1.50. The molecule has 6 rings (SSSR count). The fourth-order valence-corrected chi connectivity index (χ4v) is 4.00. The fourth-order valence-electron chi connectivity index (χ4n) is 4.00.